The summed E-state index contributed by atoms with van der Waals surface area (Å²) in [5.41, 5.74) is 0. The highest BCUT2D eigenvalue weighted by molar-refractivity contribution is 4.72. The highest BCUT2D eigenvalue weighted by Crippen LogP contribution is 2.23. The van der Waals surface area contributed by atoms with Crippen LogP contribution in [0.2, 0.25) is 0 Å². The third-order valence-corrected chi connectivity index (χ3v) is 3.96. The summed E-state index contributed by atoms with van der Waals surface area (Å²) in [6.45, 7) is 6.83. The van der Waals surface area contributed by atoms with Crippen LogP contribution in [0.5, 0.6) is 0 Å². The standard InChI is InChI=1S/C16H30O/c1-3-14-17-16-13-11-9-7-5-4-6-8-10-12-15(16)2/h3,15-16H,1,4-14H2,2H3/t15-,16-/m1/s1. The number of hydrogen-bond acceptors (Lipinski definition) is 1. The summed E-state index contributed by atoms with van der Waals surface area (Å²) >= 11 is 0. The van der Waals surface area contributed by atoms with Crippen molar-refractivity contribution in [1.29, 1.82) is 0 Å². The van der Waals surface area contributed by atoms with E-state index in [0.29, 0.717) is 6.10 Å². The zero-order valence-corrected chi connectivity index (χ0v) is 11.6. The maximum atomic E-state index is 5.93. The van der Waals surface area contributed by atoms with Crippen LogP contribution in [0.15, 0.2) is 12.7 Å². The van der Waals surface area contributed by atoms with Crippen LogP contribution in [0.3, 0.4) is 0 Å². The topological polar surface area (TPSA) is 9.23 Å². The van der Waals surface area contributed by atoms with Gasteiger partial charge in [0.1, 0.15) is 0 Å². The summed E-state index contributed by atoms with van der Waals surface area (Å²) in [6, 6.07) is 0. The molecule has 0 aromatic carbocycles. The van der Waals surface area contributed by atoms with Crippen molar-refractivity contribution < 1.29 is 4.74 Å². The molecule has 1 nitrogen and oxygen atoms in total. The van der Waals surface area contributed by atoms with Gasteiger partial charge in [-0.2, -0.15) is 0 Å². The van der Waals surface area contributed by atoms with Gasteiger partial charge in [-0.15, -0.1) is 6.58 Å². The van der Waals surface area contributed by atoms with Gasteiger partial charge in [0.25, 0.3) is 0 Å². The van der Waals surface area contributed by atoms with Crippen molar-refractivity contribution in [2.24, 2.45) is 5.92 Å². The van der Waals surface area contributed by atoms with E-state index in [4.69, 9.17) is 4.74 Å². The van der Waals surface area contributed by atoms with Crippen molar-refractivity contribution in [3.8, 4) is 0 Å². The minimum absolute atomic E-state index is 0.465. The zero-order chi connectivity index (χ0) is 12.3. The smallest absolute Gasteiger partial charge is 0.0648 e. The Kier molecular flexibility index (Phi) is 8.42. The lowest BCUT2D eigenvalue weighted by Crippen LogP contribution is -2.22. The van der Waals surface area contributed by atoms with Gasteiger partial charge in [0, 0.05) is 0 Å². The highest BCUT2D eigenvalue weighted by Gasteiger charge is 2.17. The van der Waals surface area contributed by atoms with Crippen LogP contribution in [-0.4, -0.2) is 12.7 Å². The van der Waals surface area contributed by atoms with Crippen LogP contribution in [0.1, 0.15) is 71.1 Å². The summed E-state index contributed by atoms with van der Waals surface area (Å²) in [5, 5.41) is 0. The summed E-state index contributed by atoms with van der Waals surface area (Å²) in [6.07, 6.45) is 16.2. The predicted octanol–water partition coefficient (Wildman–Crippen LogP) is 5.11. The first-order chi connectivity index (χ1) is 8.34. The number of rotatable bonds is 3. The van der Waals surface area contributed by atoms with E-state index in [9.17, 15) is 0 Å². The van der Waals surface area contributed by atoms with Gasteiger partial charge in [-0.1, -0.05) is 64.4 Å². The average Bonchev–Trinajstić information content (AvgIpc) is 2.33. The molecule has 0 bridgehead atoms. The molecule has 100 valence electrons. The molecule has 0 amide bonds. The van der Waals surface area contributed by atoms with E-state index in [-0.39, 0.29) is 0 Å². The Morgan fingerprint density at radius 2 is 1.47 bits per heavy atom. The first-order valence-electron chi connectivity index (χ1n) is 7.57. The number of hydrogen-bond donors (Lipinski definition) is 0. The first-order valence-corrected chi connectivity index (χ1v) is 7.57. The minimum Gasteiger partial charge on any atom is -0.374 e. The molecular formula is C16H30O. The molecule has 1 aliphatic carbocycles. The molecule has 17 heavy (non-hydrogen) atoms. The fraction of sp³-hybridized carbons (Fsp3) is 0.875. The quantitative estimate of drug-likeness (QED) is 0.621. The SMILES string of the molecule is C=CCO[C@@H]1CCCCCCCCCC[C@H]1C. The van der Waals surface area contributed by atoms with Gasteiger partial charge in [-0.05, 0) is 18.8 Å². The Balaban J connectivity index is 2.36. The van der Waals surface area contributed by atoms with Crippen LogP contribution in [0.25, 0.3) is 0 Å². The van der Waals surface area contributed by atoms with Gasteiger partial charge in [0.15, 0.2) is 0 Å². The van der Waals surface area contributed by atoms with Crippen molar-refractivity contribution in [2.75, 3.05) is 6.61 Å². The molecule has 0 unspecified atom stereocenters. The monoisotopic (exact) mass is 238 g/mol. The van der Waals surface area contributed by atoms with Crippen molar-refractivity contribution >= 4 is 0 Å². The van der Waals surface area contributed by atoms with E-state index in [2.05, 4.69) is 13.5 Å². The van der Waals surface area contributed by atoms with Gasteiger partial charge in [-0.3, -0.25) is 0 Å². The zero-order valence-electron chi connectivity index (χ0n) is 11.6. The Morgan fingerprint density at radius 3 is 2.06 bits per heavy atom. The maximum Gasteiger partial charge on any atom is 0.0648 e. The van der Waals surface area contributed by atoms with E-state index in [1.54, 1.807) is 0 Å². The van der Waals surface area contributed by atoms with Crippen LogP contribution in [-0.2, 0) is 4.74 Å². The Hall–Kier alpha value is -0.300. The fourth-order valence-corrected chi connectivity index (χ4v) is 2.78. The summed E-state index contributed by atoms with van der Waals surface area (Å²) < 4.78 is 5.93. The molecule has 0 aromatic heterocycles. The van der Waals surface area contributed by atoms with Crippen molar-refractivity contribution in [3.05, 3.63) is 12.7 Å². The van der Waals surface area contributed by atoms with Crippen molar-refractivity contribution in [2.45, 2.75) is 77.2 Å². The minimum atomic E-state index is 0.465. The van der Waals surface area contributed by atoms with Gasteiger partial charge < -0.3 is 4.74 Å². The molecule has 1 saturated carbocycles. The van der Waals surface area contributed by atoms with Gasteiger partial charge in [0.2, 0.25) is 0 Å². The highest BCUT2D eigenvalue weighted by atomic mass is 16.5. The summed E-state index contributed by atoms with van der Waals surface area (Å²) in [5.74, 6) is 0.717. The van der Waals surface area contributed by atoms with E-state index >= 15 is 0 Å². The molecular weight excluding hydrogens is 208 g/mol. The third-order valence-electron chi connectivity index (χ3n) is 3.96. The molecule has 1 fully saturated rings. The molecule has 1 heteroatoms. The van der Waals surface area contributed by atoms with Gasteiger partial charge >= 0.3 is 0 Å². The molecule has 0 heterocycles. The maximum absolute atomic E-state index is 5.93. The summed E-state index contributed by atoms with van der Waals surface area (Å²) in [7, 11) is 0. The summed E-state index contributed by atoms with van der Waals surface area (Å²) in [4.78, 5) is 0. The first kappa shape index (κ1) is 14.8. The fourth-order valence-electron chi connectivity index (χ4n) is 2.78. The normalized spacial score (nSPS) is 29.0. The third kappa shape index (κ3) is 6.88. The molecule has 0 radical (unpaired) electrons. The molecule has 0 saturated heterocycles. The molecule has 1 aliphatic rings. The molecule has 0 aliphatic heterocycles. The molecule has 0 aromatic rings. The lowest BCUT2D eigenvalue weighted by atomic mass is 9.92. The molecule has 2 atom stereocenters. The van der Waals surface area contributed by atoms with Crippen molar-refractivity contribution in [1.82, 2.24) is 0 Å². The second-order valence-electron chi connectivity index (χ2n) is 5.54. The Morgan fingerprint density at radius 1 is 0.941 bits per heavy atom. The lowest BCUT2D eigenvalue weighted by molar-refractivity contribution is 0.0232. The molecule has 0 N–H and O–H groups in total. The van der Waals surface area contributed by atoms with E-state index in [0.717, 1.165) is 12.5 Å². The van der Waals surface area contributed by atoms with E-state index in [1.807, 2.05) is 6.08 Å². The largest absolute Gasteiger partial charge is 0.374 e. The van der Waals surface area contributed by atoms with Crippen LogP contribution in [0.4, 0.5) is 0 Å². The second kappa shape index (κ2) is 9.70. The second-order valence-corrected chi connectivity index (χ2v) is 5.54. The Bertz CT molecular complexity index is 188. The van der Waals surface area contributed by atoms with Crippen molar-refractivity contribution in [3.63, 3.8) is 0 Å². The number of ether oxygens (including phenoxy) is 1. The van der Waals surface area contributed by atoms with Crippen LogP contribution >= 0.6 is 0 Å². The van der Waals surface area contributed by atoms with Gasteiger partial charge in [-0.25, -0.2) is 0 Å². The van der Waals surface area contributed by atoms with E-state index < -0.39 is 0 Å². The predicted molar refractivity (Wildman–Crippen MR) is 75.3 cm³/mol. The Labute approximate surface area is 108 Å². The lowest BCUT2D eigenvalue weighted by Gasteiger charge is -2.24. The molecule has 0 spiro atoms. The van der Waals surface area contributed by atoms with Gasteiger partial charge in [0.05, 0.1) is 12.7 Å². The average molecular weight is 238 g/mol. The van der Waals surface area contributed by atoms with Crippen LogP contribution < -0.4 is 0 Å². The van der Waals surface area contributed by atoms with E-state index in [1.165, 1.54) is 64.2 Å². The van der Waals surface area contributed by atoms with Crippen LogP contribution in [0, 0.1) is 5.92 Å². The molecule has 1 rings (SSSR count).